The SMILES string of the molecule is Cc1ccccc1CN1CCN(Cc2cn(C)nc2-c2ccccc2)C[C@H]1CCO. The van der Waals surface area contributed by atoms with Crippen molar-refractivity contribution >= 4 is 0 Å². The normalized spacial score (nSPS) is 18.0. The van der Waals surface area contributed by atoms with Gasteiger partial charge in [0.1, 0.15) is 0 Å². The Morgan fingerprint density at radius 2 is 1.73 bits per heavy atom. The van der Waals surface area contributed by atoms with E-state index in [1.807, 2.05) is 17.8 Å². The van der Waals surface area contributed by atoms with Crippen molar-refractivity contribution in [3.63, 3.8) is 0 Å². The lowest BCUT2D eigenvalue weighted by Gasteiger charge is -2.41. The van der Waals surface area contributed by atoms with E-state index in [0.717, 1.165) is 50.4 Å². The summed E-state index contributed by atoms with van der Waals surface area (Å²) >= 11 is 0. The third-order valence-electron chi connectivity index (χ3n) is 6.13. The molecule has 0 amide bonds. The highest BCUT2D eigenvalue weighted by atomic mass is 16.3. The first kappa shape index (κ1) is 20.8. The molecule has 0 bridgehead atoms. The van der Waals surface area contributed by atoms with Crippen molar-refractivity contribution in [1.29, 1.82) is 0 Å². The van der Waals surface area contributed by atoms with E-state index in [4.69, 9.17) is 5.10 Å². The average molecular weight is 405 g/mol. The van der Waals surface area contributed by atoms with Crippen LogP contribution in [0.5, 0.6) is 0 Å². The second-order valence-corrected chi connectivity index (χ2v) is 8.34. The van der Waals surface area contributed by atoms with Crippen molar-refractivity contribution in [1.82, 2.24) is 19.6 Å². The molecule has 5 heteroatoms. The molecule has 158 valence electrons. The second-order valence-electron chi connectivity index (χ2n) is 8.34. The van der Waals surface area contributed by atoms with Gasteiger partial charge in [-0.05, 0) is 24.5 Å². The number of benzene rings is 2. The van der Waals surface area contributed by atoms with E-state index in [-0.39, 0.29) is 6.61 Å². The maximum atomic E-state index is 9.67. The van der Waals surface area contributed by atoms with Crippen LogP contribution in [0.15, 0.2) is 60.8 Å². The summed E-state index contributed by atoms with van der Waals surface area (Å²) in [5.74, 6) is 0. The predicted octanol–water partition coefficient (Wildman–Crippen LogP) is 3.46. The number of aryl methyl sites for hydroxylation is 2. The Kier molecular flexibility index (Phi) is 6.62. The highest BCUT2D eigenvalue weighted by Gasteiger charge is 2.27. The largest absolute Gasteiger partial charge is 0.396 e. The molecule has 3 aromatic rings. The Balaban J connectivity index is 1.47. The van der Waals surface area contributed by atoms with E-state index < -0.39 is 0 Å². The zero-order valence-corrected chi connectivity index (χ0v) is 18.0. The van der Waals surface area contributed by atoms with Crippen LogP contribution < -0.4 is 0 Å². The molecule has 1 aliphatic rings. The van der Waals surface area contributed by atoms with Gasteiger partial charge in [-0.15, -0.1) is 0 Å². The van der Waals surface area contributed by atoms with Crippen LogP contribution in [0.2, 0.25) is 0 Å². The molecule has 2 heterocycles. The fraction of sp³-hybridized carbons (Fsp3) is 0.400. The van der Waals surface area contributed by atoms with Gasteiger partial charge in [-0.1, -0.05) is 54.6 Å². The Bertz CT molecular complexity index is 953. The highest BCUT2D eigenvalue weighted by molar-refractivity contribution is 5.62. The zero-order valence-electron chi connectivity index (χ0n) is 18.0. The van der Waals surface area contributed by atoms with Gasteiger partial charge >= 0.3 is 0 Å². The Hall–Kier alpha value is -2.47. The van der Waals surface area contributed by atoms with Crippen LogP contribution in [0.3, 0.4) is 0 Å². The first-order valence-electron chi connectivity index (χ1n) is 10.8. The standard InChI is InChI=1S/C25H32N4O/c1-20-8-6-7-11-22(20)18-29-14-13-28(19-24(29)12-15-30)17-23-16-27(2)26-25(23)21-9-4-3-5-10-21/h3-11,16,24,30H,12-15,17-19H2,1-2H3/t24-/m1/s1. The minimum absolute atomic E-state index is 0.227. The van der Waals surface area contributed by atoms with Crippen molar-refractivity contribution in [2.24, 2.45) is 7.05 Å². The molecular weight excluding hydrogens is 372 g/mol. The van der Waals surface area contributed by atoms with E-state index in [1.54, 1.807) is 0 Å². The molecule has 2 aromatic carbocycles. The van der Waals surface area contributed by atoms with E-state index >= 15 is 0 Å². The number of nitrogens with zero attached hydrogens (tertiary/aromatic N) is 4. The molecule has 1 aromatic heterocycles. The summed E-state index contributed by atoms with van der Waals surface area (Å²) in [4.78, 5) is 5.05. The monoisotopic (exact) mass is 404 g/mol. The van der Waals surface area contributed by atoms with Crippen LogP contribution >= 0.6 is 0 Å². The maximum absolute atomic E-state index is 9.67. The van der Waals surface area contributed by atoms with Crippen LogP contribution in [0, 0.1) is 6.92 Å². The van der Waals surface area contributed by atoms with Crippen molar-refractivity contribution in [3.05, 3.63) is 77.5 Å². The molecule has 30 heavy (non-hydrogen) atoms. The number of aliphatic hydroxyl groups is 1. The van der Waals surface area contributed by atoms with Gasteiger partial charge in [0.2, 0.25) is 0 Å². The third kappa shape index (κ3) is 4.81. The van der Waals surface area contributed by atoms with Crippen LogP contribution in [0.25, 0.3) is 11.3 Å². The van der Waals surface area contributed by atoms with Gasteiger partial charge in [0.25, 0.3) is 0 Å². The molecule has 0 radical (unpaired) electrons. The topological polar surface area (TPSA) is 44.5 Å². The quantitative estimate of drug-likeness (QED) is 0.655. The molecule has 5 nitrogen and oxygen atoms in total. The lowest BCUT2D eigenvalue weighted by Crippen LogP contribution is -2.52. The first-order chi connectivity index (χ1) is 14.6. The molecule has 1 fully saturated rings. The predicted molar refractivity (Wildman–Crippen MR) is 121 cm³/mol. The smallest absolute Gasteiger partial charge is 0.0968 e. The average Bonchev–Trinajstić information content (AvgIpc) is 3.12. The van der Waals surface area contributed by atoms with Gasteiger partial charge in [-0.25, -0.2) is 0 Å². The van der Waals surface area contributed by atoms with Gasteiger partial charge in [0.05, 0.1) is 5.69 Å². The van der Waals surface area contributed by atoms with Gasteiger partial charge in [-0.2, -0.15) is 5.10 Å². The molecular formula is C25H32N4O. The molecule has 0 unspecified atom stereocenters. The zero-order chi connectivity index (χ0) is 20.9. The summed E-state index contributed by atoms with van der Waals surface area (Å²) in [7, 11) is 1.99. The number of aromatic nitrogens is 2. The van der Waals surface area contributed by atoms with E-state index in [9.17, 15) is 5.11 Å². The number of hydrogen-bond donors (Lipinski definition) is 1. The van der Waals surface area contributed by atoms with Crippen molar-refractivity contribution in [3.8, 4) is 11.3 Å². The van der Waals surface area contributed by atoms with Crippen LogP contribution in [0.4, 0.5) is 0 Å². The number of hydrogen-bond acceptors (Lipinski definition) is 4. The number of piperazine rings is 1. The summed E-state index contributed by atoms with van der Waals surface area (Å²) in [6, 6.07) is 19.4. The second kappa shape index (κ2) is 9.56. The number of rotatable bonds is 7. The molecule has 1 saturated heterocycles. The molecule has 0 spiro atoms. The third-order valence-corrected chi connectivity index (χ3v) is 6.13. The van der Waals surface area contributed by atoms with E-state index in [0.29, 0.717) is 6.04 Å². The lowest BCUT2D eigenvalue weighted by atomic mass is 10.0. The van der Waals surface area contributed by atoms with Gasteiger partial charge < -0.3 is 5.11 Å². The molecule has 4 rings (SSSR count). The molecule has 1 aliphatic heterocycles. The molecule has 1 atom stereocenters. The summed E-state index contributed by atoms with van der Waals surface area (Å²) in [6.45, 7) is 7.25. The fourth-order valence-electron chi connectivity index (χ4n) is 4.47. The van der Waals surface area contributed by atoms with Gasteiger partial charge in [0, 0.05) is 69.7 Å². The van der Waals surface area contributed by atoms with E-state index in [2.05, 4.69) is 71.5 Å². The highest BCUT2D eigenvalue weighted by Crippen LogP contribution is 2.25. The van der Waals surface area contributed by atoms with Crippen LogP contribution in [0.1, 0.15) is 23.1 Å². The summed E-state index contributed by atoms with van der Waals surface area (Å²) in [5, 5.41) is 14.4. The molecule has 0 saturated carbocycles. The summed E-state index contributed by atoms with van der Waals surface area (Å²) < 4.78 is 1.91. The fourth-order valence-corrected chi connectivity index (χ4v) is 4.47. The minimum Gasteiger partial charge on any atom is -0.396 e. The van der Waals surface area contributed by atoms with Crippen molar-refractivity contribution < 1.29 is 5.11 Å². The number of aliphatic hydroxyl groups excluding tert-OH is 1. The summed E-state index contributed by atoms with van der Waals surface area (Å²) in [6.07, 6.45) is 2.95. The Morgan fingerprint density at radius 1 is 0.967 bits per heavy atom. The summed E-state index contributed by atoms with van der Waals surface area (Å²) in [5.41, 5.74) is 6.22. The van der Waals surface area contributed by atoms with Crippen molar-refractivity contribution in [2.75, 3.05) is 26.2 Å². The minimum atomic E-state index is 0.227. The molecule has 1 N–H and O–H groups in total. The van der Waals surface area contributed by atoms with Gasteiger partial charge in [0.15, 0.2) is 0 Å². The van der Waals surface area contributed by atoms with E-state index in [1.165, 1.54) is 16.7 Å². The Morgan fingerprint density at radius 3 is 2.50 bits per heavy atom. The van der Waals surface area contributed by atoms with Gasteiger partial charge in [-0.3, -0.25) is 14.5 Å². The molecule has 0 aliphatic carbocycles. The maximum Gasteiger partial charge on any atom is 0.0968 e. The lowest BCUT2D eigenvalue weighted by molar-refractivity contribution is 0.0499. The Labute approximate surface area is 179 Å². The van der Waals surface area contributed by atoms with Crippen molar-refractivity contribution in [2.45, 2.75) is 32.5 Å². The van der Waals surface area contributed by atoms with Crippen LogP contribution in [-0.4, -0.2) is 57.0 Å². The van der Waals surface area contributed by atoms with Crippen LogP contribution in [-0.2, 0) is 20.1 Å². The first-order valence-corrected chi connectivity index (χ1v) is 10.8.